The van der Waals surface area contributed by atoms with Gasteiger partial charge in [-0.1, -0.05) is 114 Å². The SMILES string of the molecule is CCCCCCCCCCCCN1C(=O)C(=Cc2c(NC3CCCCC3)nc3c(C)cccn3c2=O)SC1=S. The van der Waals surface area contributed by atoms with Gasteiger partial charge in [0.05, 0.1) is 10.5 Å². The van der Waals surface area contributed by atoms with Crippen LogP contribution < -0.4 is 10.9 Å². The summed E-state index contributed by atoms with van der Waals surface area (Å²) in [6.07, 6.45) is 21.7. The topological polar surface area (TPSA) is 66.7 Å². The van der Waals surface area contributed by atoms with Gasteiger partial charge in [-0.05, 0) is 43.9 Å². The summed E-state index contributed by atoms with van der Waals surface area (Å²) in [7, 11) is 0. The molecule has 2 fully saturated rings. The van der Waals surface area contributed by atoms with E-state index >= 15 is 0 Å². The number of thiocarbonyl (C=S) groups is 1. The van der Waals surface area contributed by atoms with Crippen molar-refractivity contribution < 1.29 is 4.79 Å². The fourth-order valence-electron chi connectivity index (χ4n) is 5.57. The van der Waals surface area contributed by atoms with Gasteiger partial charge in [0.25, 0.3) is 11.5 Å². The molecular formula is C31H44N4O2S2. The van der Waals surface area contributed by atoms with Crippen molar-refractivity contribution in [3.63, 3.8) is 0 Å². The number of amides is 1. The van der Waals surface area contributed by atoms with Gasteiger partial charge in [0, 0.05) is 18.8 Å². The van der Waals surface area contributed by atoms with Crippen LogP contribution in [0.5, 0.6) is 0 Å². The van der Waals surface area contributed by atoms with Crippen LogP contribution in [0.1, 0.15) is 114 Å². The predicted molar refractivity (Wildman–Crippen MR) is 168 cm³/mol. The molecule has 2 aromatic rings. The first-order valence-electron chi connectivity index (χ1n) is 15.0. The van der Waals surface area contributed by atoms with E-state index in [1.165, 1.54) is 82.4 Å². The van der Waals surface area contributed by atoms with E-state index in [1.54, 1.807) is 21.6 Å². The Bertz CT molecular complexity index is 1230. The highest BCUT2D eigenvalue weighted by Gasteiger charge is 2.32. The highest BCUT2D eigenvalue weighted by molar-refractivity contribution is 8.26. The van der Waals surface area contributed by atoms with Crippen molar-refractivity contribution in [1.82, 2.24) is 14.3 Å². The summed E-state index contributed by atoms with van der Waals surface area (Å²) in [5.74, 6) is 0.472. The number of thioether (sulfide) groups is 1. The molecule has 6 nitrogen and oxygen atoms in total. The Morgan fingerprint density at radius 3 is 2.38 bits per heavy atom. The number of nitrogens with one attached hydrogen (secondary N) is 1. The summed E-state index contributed by atoms with van der Waals surface area (Å²) in [5, 5.41) is 3.56. The number of hydrogen-bond donors (Lipinski definition) is 1. The monoisotopic (exact) mass is 568 g/mol. The number of anilines is 1. The highest BCUT2D eigenvalue weighted by atomic mass is 32.2. The lowest BCUT2D eigenvalue weighted by molar-refractivity contribution is -0.122. The number of rotatable bonds is 14. The molecular weight excluding hydrogens is 525 g/mol. The number of aromatic nitrogens is 2. The summed E-state index contributed by atoms with van der Waals surface area (Å²) >= 11 is 6.88. The van der Waals surface area contributed by atoms with Crippen molar-refractivity contribution in [2.45, 2.75) is 116 Å². The first-order chi connectivity index (χ1) is 19.0. The van der Waals surface area contributed by atoms with Gasteiger partial charge in [0.2, 0.25) is 0 Å². The van der Waals surface area contributed by atoms with Crippen molar-refractivity contribution in [2.75, 3.05) is 11.9 Å². The van der Waals surface area contributed by atoms with E-state index in [0.717, 1.165) is 31.2 Å². The number of hydrogen-bond acceptors (Lipinski definition) is 6. The third-order valence-electron chi connectivity index (χ3n) is 7.91. The fourth-order valence-corrected chi connectivity index (χ4v) is 6.86. The summed E-state index contributed by atoms with van der Waals surface area (Å²) in [6.45, 7) is 4.85. The number of nitrogens with zero attached hydrogens (tertiary/aromatic N) is 3. The largest absolute Gasteiger partial charge is 0.367 e. The fraction of sp³-hybridized carbons (Fsp3) is 0.613. The number of carbonyl (C=O) groups is 1. The Hall–Kier alpha value is -2.19. The van der Waals surface area contributed by atoms with Crippen LogP contribution in [-0.4, -0.2) is 37.1 Å². The zero-order chi connectivity index (χ0) is 27.6. The average Bonchev–Trinajstić information content (AvgIpc) is 3.20. The first-order valence-corrected chi connectivity index (χ1v) is 16.3. The first kappa shape index (κ1) is 29.8. The minimum Gasteiger partial charge on any atom is -0.367 e. The third-order valence-corrected chi connectivity index (χ3v) is 9.29. The normalized spacial score (nSPS) is 17.6. The molecule has 3 heterocycles. The molecule has 212 valence electrons. The van der Waals surface area contributed by atoms with Crippen molar-refractivity contribution in [3.05, 3.63) is 44.7 Å². The summed E-state index contributed by atoms with van der Waals surface area (Å²) < 4.78 is 2.16. The summed E-state index contributed by atoms with van der Waals surface area (Å²) in [5.41, 5.74) is 1.85. The molecule has 8 heteroatoms. The molecule has 0 radical (unpaired) electrons. The molecule has 4 rings (SSSR count). The molecule has 1 N–H and O–H groups in total. The molecule has 2 aliphatic rings. The van der Waals surface area contributed by atoms with Crippen LogP contribution >= 0.6 is 24.0 Å². The molecule has 2 aromatic heterocycles. The highest BCUT2D eigenvalue weighted by Crippen LogP contribution is 2.34. The second kappa shape index (κ2) is 15.0. The van der Waals surface area contributed by atoms with Crippen molar-refractivity contribution in [3.8, 4) is 0 Å². The molecule has 1 amide bonds. The Morgan fingerprint density at radius 2 is 1.69 bits per heavy atom. The Kier molecular flexibility index (Phi) is 11.4. The standard InChI is InChI=1S/C31H44N4O2S2/c1-3-4-5-6-7-8-9-10-11-15-20-35-30(37)26(39-31(35)38)22-25-27(32-24-18-13-12-14-19-24)33-28-23(2)17-16-21-34(28)29(25)36/h16-17,21-22,24,32H,3-15,18-20H2,1-2H3. The molecule has 1 saturated heterocycles. The van der Waals surface area contributed by atoms with E-state index in [-0.39, 0.29) is 17.5 Å². The van der Waals surface area contributed by atoms with Gasteiger partial charge in [-0.15, -0.1) is 0 Å². The van der Waals surface area contributed by atoms with Crippen molar-refractivity contribution in [2.24, 2.45) is 0 Å². The van der Waals surface area contributed by atoms with E-state index in [1.807, 2.05) is 19.1 Å². The predicted octanol–water partition coefficient (Wildman–Crippen LogP) is 7.87. The molecule has 1 saturated carbocycles. The molecule has 0 unspecified atom stereocenters. The van der Waals surface area contributed by atoms with Gasteiger partial charge in [-0.3, -0.25) is 18.9 Å². The molecule has 1 aliphatic heterocycles. The Labute approximate surface area is 243 Å². The van der Waals surface area contributed by atoms with E-state index in [4.69, 9.17) is 17.2 Å². The lowest BCUT2D eigenvalue weighted by Gasteiger charge is -2.24. The second-order valence-electron chi connectivity index (χ2n) is 11.1. The average molecular weight is 569 g/mol. The van der Waals surface area contributed by atoms with Crippen molar-refractivity contribution in [1.29, 1.82) is 0 Å². The van der Waals surface area contributed by atoms with Gasteiger partial charge in [-0.2, -0.15) is 0 Å². The number of aryl methyl sites for hydroxylation is 1. The molecule has 0 bridgehead atoms. The van der Waals surface area contributed by atoms with Crippen LogP contribution in [0, 0.1) is 6.92 Å². The molecule has 0 atom stereocenters. The van der Waals surface area contributed by atoms with Crippen molar-refractivity contribution >= 4 is 51.7 Å². The third kappa shape index (κ3) is 7.94. The number of carbonyl (C=O) groups excluding carboxylic acids is 1. The van der Waals surface area contributed by atoms with Crippen LogP contribution in [0.2, 0.25) is 0 Å². The van der Waals surface area contributed by atoms with Crippen LogP contribution in [0.15, 0.2) is 28.0 Å². The number of fused-ring (bicyclic) bond motifs is 1. The van der Waals surface area contributed by atoms with E-state index in [9.17, 15) is 9.59 Å². The van der Waals surface area contributed by atoms with E-state index < -0.39 is 0 Å². The summed E-state index contributed by atoms with van der Waals surface area (Å²) in [6, 6.07) is 4.11. The Balaban J connectivity index is 1.42. The summed E-state index contributed by atoms with van der Waals surface area (Å²) in [4.78, 5) is 34.1. The lowest BCUT2D eigenvalue weighted by atomic mass is 9.95. The smallest absolute Gasteiger partial charge is 0.267 e. The zero-order valence-electron chi connectivity index (χ0n) is 23.7. The second-order valence-corrected chi connectivity index (χ2v) is 12.7. The maximum absolute atomic E-state index is 13.6. The zero-order valence-corrected chi connectivity index (χ0v) is 25.3. The van der Waals surface area contributed by atoms with Gasteiger partial charge in [0.15, 0.2) is 0 Å². The maximum atomic E-state index is 13.6. The lowest BCUT2D eigenvalue weighted by Crippen LogP contribution is -2.29. The van der Waals surface area contributed by atoms with Crippen LogP contribution in [0.3, 0.4) is 0 Å². The molecule has 1 aliphatic carbocycles. The van der Waals surface area contributed by atoms with E-state index in [2.05, 4.69) is 12.2 Å². The number of pyridine rings is 1. The van der Waals surface area contributed by atoms with Gasteiger partial charge < -0.3 is 5.32 Å². The quantitative estimate of drug-likeness (QED) is 0.142. The minimum absolute atomic E-state index is 0.0988. The molecule has 0 aromatic carbocycles. The van der Waals surface area contributed by atoms with Gasteiger partial charge in [0.1, 0.15) is 15.8 Å². The molecule has 39 heavy (non-hydrogen) atoms. The van der Waals surface area contributed by atoms with Gasteiger partial charge in [-0.25, -0.2) is 4.98 Å². The minimum atomic E-state index is -0.165. The van der Waals surface area contributed by atoms with Gasteiger partial charge >= 0.3 is 0 Å². The Morgan fingerprint density at radius 1 is 1.03 bits per heavy atom. The maximum Gasteiger partial charge on any atom is 0.267 e. The van der Waals surface area contributed by atoms with Crippen LogP contribution in [0.4, 0.5) is 5.82 Å². The number of unbranched alkanes of at least 4 members (excludes halogenated alkanes) is 9. The van der Waals surface area contributed by atoms with E-state index in [0.29, 0.717) is 32.8 Å². The molecule has 0 spiro atoms. The van der Waals surface area contributed by atoms with Crippen LogP contribution in [0.25, 0.3) is 11.7 Å². The van der Waals surface area contributed by atoms with Crippen LogP contribution in [-0.2, 0) is 4.79 Å².